The van der Waals surface area contributed by atoms with E-state index in [9.17, 15) is 9.59 Å². The highest BCUT2D eigenvalue weighted by atomic mass is 32.1. The van der Waals surface area contributed by atoms with Gasteiger partial charge in [0.25, 0.3) is 11.8 Å². The molecule has 4 rings (SSSR count). The number of hydrogen-bond donors (Lipinski definition) is 2. The minimum Gasteiger partial charge on any atom is -0.352 e. The van der Waals surface area contributed by atoms with Gasteiger partial charge in [-0.25, -0.2) is 0 Å². The molecule has 0 spiro atoms. The van der Waals surface area contributed by atoms with E-state index in [1.165, 1.54) is 29.8 Å². The monoisotopic (exact) mass is 396 g/mol. The Bertz CT molecular complexity index is 901. The van der Waals surface area contributed by atoms with Crippen molar-refractivity contribution in [1.29, 1.82) is 0 Å². The van der Waals surface area contributed by atoms with Gasteiger partial charge in [-0.1, -0.05) is 29.1 Å². The lowest BCUT2D eigenvalue weighted by Gasteiger charge is -2.13. The van der Waals surface area contributed by atoms with Gasteiger partial charge in [-0.2, -0.15) is 0 Å². The third-order valence-electron chi connectivity index (χ3n) is 5.06. The van der Waals surface area contributed by atoms with Crippen molar-refractivity contribution in [3.05, 3.63) is 51.5 Å². The fourth-order valence-corrected chi connectivity index (χ4v) is 4.22. The summed E-state index contributed by atoms with van der Waals surface area (Å²) in [6.45, 7) is 0.635. The lowest BCUT2D eigenvalue weighted by Crippen LogP contribution is -2.25. The molecule has 2 N–H and O–H groups in total. The van der Waals surface area contributed by atoms with Crippen LogP contribution in [0.4, 0.5) is 5.69 Å². The van der Waals surface area contributed by atoms with Gasteiger partial charge in [-0.05, 0) is 63.1 Å². The number of hydrogen-bond acceptors (Lipinski definition) is 5. The molecule has 28 heavy (non-hydrogen) atoms. The zero-order valence-electron chi connectivity index (χ0n) is 15.7. The maximum atomic E-state index is 12.4. The van der Waals surface area contributed by atoms with Crippen LogP contribution in [0, 0.1) is 0 Å². The highest BCUT2D eigenvalue weighted by Crippen LogP contribution is 2.41. The first-order valence-electron chi connectivity index (χ1n) is 9.90. The minimum absolute atomic E-state index is 0.126. The van der Waals surface area contributed by atoms with Crippen molar-refractivity contribution in [1.82, 2.24) is 15.5 Å². The van der Waals surface area contributed by atoms with Crippen molar-refractivity contribution in [2.75, 3.05) is 11.9 Å². The Labute approximate surface area is 168 Å². The lowest BCUT2D eigenvalue weighted by molar-refractivity contribution is 0.0952. The number of allylic oxidation sites excluding steroid dienone is 1. The van der Waals surface area contributed by atoms with Gasteiger partial charge in [0.2, 0.25) is 5.01 Å². The summed E-state index contributed by atoms with van der Waals surface area (Å²) < 4.78 is 0. The Morgan fingerprint density at radius 3 is 2.82 bits per heavy atom. The molecule has 2 amide bonds. The predicted molar refractivity (Wildman–Crippen MR) is 110 cm³/mol. The summed E-state index contributed by atoms with van der Waals surface area (Å²) >= 11 is 1.35. The van der Waals surface area contributed by atoms with Crippen molar-refractivity contribution in [3.8, 4) is 0 Å². The van der Waals surface area contributed by atoms with Gasteiger partial charge in [0, 0.05) is 23.7 Å². The van der Waals surface area contributed by atoms with Gasteiger partial charge in [-0.3, -0.25) is 9.59 Å². The molecule has 1 fully saturated rings. The van der Waals surface area contributed by atoms with Crippen LogP contribution >= 0.6 is 11.3 Å². The number of rotatable bonds is 7. The fraction of sp³-hybridized carbons (Fsp3) is 0.429. The normalized spacial score (nSPS) is 16.4. The van der Waals surface area contributed by atoms with E-state index in [-0.39, 0.29) is 11.8 Å². The van der Waals surface area contributed by atoms with Crippen LogP contribution in [0.25, 0.3) is 0 Å². The molecule has 0 unspecified atom stereocenters. The summed E-state index contributed by atoms with van der Waals surface area (Å²) in [5, 5.41) is 15.2. The molecule has 146 valence electrons. The molecule has 1 saturated carbocycles. The van der Waals surface area contributed by atoms with Crippen LogP contribution < -0.4 is 10.6 Å². The second-order valence-electron chi connectivity index (χ2n) is 7.37. The van der Waals surface area contributed by atoms with E-state index < -0.39 is 0 Å². The van der Waals surface area contributed by atoms with Crippen molar-refractivity contribution in [3.63, 3.8) is 0 Å². The Morgan fingerprint density at radius 2 is 2.04 bits per heavy atom. The van der Waals surface area contributed by atoms with E-state index in [4.69, 9.17) is 0 Å². The average Bonchev–Trinajstić information content (AvgIpc) is 3.45. The second-order valence-corrected chi connectivity index (χ2v) is 8.38. The molecule has 2 aliphatic carbocycles. The highest BCUT2D eigenvalue weighted by molar-refractivity contribution is 7.13. The predicted octanol–water partition coefficient (Wildman–Crippen LogP) is 4.29. The number of benzene rings is 1. The number of aromatic nitrogens is 2. The second kappa shape index (κ2) is 8.65. The van der Waals surface area contributed by atoms with Gasteiger partial charge in [0.15, 0.2) is 0 Å². The van der Waals surface area contributed by atoms with Gasteiger partial charge in [-0.15, -0.1) is 10.2 Å². The van der Waals surface area contributed by atoms with Crippen LogP contribution in [-0.4, -0.2) is 28.6 Å². The SMILES string of the molecule is O=C(NCCC1=CCCCC1)c1cccc(NC(=O)c2nnc(C3CC3)s2)c1. The molecular formula is C21H24N4O2S. The molecule has 0 saturated heterocycles. The Hall–Kier alpha value is -2.54. The summed E-state index contributed by atoms with van der Waals surface area (Å²) in [5.74, 6) is 0.0704. The van der Waals surface area contributed by atoms with Crippen LogP contribution in [0.15, 0.2) is 35.9 Å². The molecule has 1 aromatic heterocycles. The summed E-state index contributed by atoms with van der Waals surface area (Å²) in [7, 11) is 0. The summed E-state index contributed by atoms with van der Waals surface area (Å²) in [5.41, 5.74) is 2.55. The van der Waals surface area contributed by atoms with Crippen molar-refractivity contribution >= 4 is 28.8 Å². The van der Waals surface area contributed by atoms with E-state index in [0.29, 0.717) is 28.7 Å². The summed E-state index contributed by atoms with van der Waals surface area (Å²) in [6, 6.07) is 6.98. The average molecular weight is 397 g/mol. The molecule has 6 nitrogen and oxygen atoms in total. The Kier molecular flexibility index (Phi) is 5.81. The minimum atomic E-state index is -0.286. The zero-order chi connectivity index (χ0) is 19.3. The zero-order valence-corrected chi connectivity index (χ0v) is 16.6. The van der Waals surface area contributed by atoms with E-state index >= 15 is 0 Å². The summed E-state index contributed by atoms with van der Waals surface area (Å²) in [6.07, 6.45) is 10.3. The molecule has 0 atom stereocenters. The first kappa shape index (κ1) is 18.8. The Balaban J connectivity index is 1.31. The number of amides is 2. The Morgan fingerprint density at radius 1 is 1.14 bits per heavy atom. The van der Waals surface area contributed by atoms with Crippen LogP contribution in [0.2, 0.25) is 0 Å². The quantitative estimate of drug-likeness (QED) is 0.684. The molecule has 0 bridgehead atoms. The van der Waals surface area contributed by atoms with Crippen molar-refractivity contribution in [2.45, 2.75) is 50.9 Å². The van der Waals surface area contributed by atoms with E-state index in [1.807, 2.05) is 0 Å². The van der Waals surface area contributed by atoms with Crippen molar-refractivity contribution < 1.29 is 9.59 Å². The highest BCUT2D eigenvalue weighted by Gasteiger charge is 2.28. The standard InChI is InChI=1S/C21H24N4O2S/c26-18(22-12-11-14-5-2-1-3-6-14)16-7-4-8-17(13-16)23-19(27)21-25-24-20(28-21)15-9-10-15/h4-5,7-8,13,15H,1-3,6,9-12H2,(H,22,26)(H,23,27). The first-order chi connectivity index (χ1) is 13.7. The molecule has 7 heteroatoms. The molecule has 0 radical (unpaired) electrons. The van der Waals surface area contributed by atoms with E-state index in [0.717, 1.165) is 37.1 Å². The number of carbonyl (C=O) groups excluding carboxylic acids is 2. The fourth-order valence-electron chi connectivity index (χ4n) is 3.31. The molecule has 2 aliphatic rings. The topological polar surface area (TPSA) is 84.0 Å². The van der Waals surface area contributed by atoms with Crippen LogP contribution in [0.1, 0.15) is 76.0 Å². The molecule has 2 aromatic rings. The first-order valence-corrected chi connectivity index (χ1v) is 10.7. The van der Waals surface area contributed by atoms with Crippen LogP contribution in [0.5, 0.6) is 0 Å². The number of nitrogens with one attached hydrogen (secondary N) is 2. The van der Waals surface area contributed by atoms with Gasteiger partial charge >= 0.3 is 0 Å². The smallest absolute Gasteiger partial charge is 0.286 e. The molecule has 1 heterocycles. The van der Waals surface area contributed by atoms with Crippen LogP contribution in [-0.2, 0) is 0 Å². The van der Waals surface area contributed by atoms with Gasteiger partial charge in [0.1, 0.15) is 5.01 Å². The summed E-state index contributed by atoms with van der Waals surface area (Å²) in [4.78, 5) is 24.8. The third-order valence-corrected chi connectivity index (χ3v) is 6.15. The molecule has 0 aliphatic heterocycles. The number of carbonyl (C=O) groups is 2. The van der Waals surface area contributed by atoms with E-state index in [1.54, 1.807) is 24.3 Å². The lowest BCUT2D eigenvalue weighted by atomic mass is 9.97. The van der Waals surface area contributed by atoms with Gasteiger partial charge < -0.3 is 10.6 Å². The molecular weight excluding hydrogens is 372 g/mol. The van der Waals surface area contributed by atoms with Crippen molar-refractivity contribution in [2.24, 2.45) is 0 Å². The third kappa shape index (κ3) is 4.84. The molecule has 1 aromatic carbocycles. The van der Waals surface area contributed by atoms with Gasteiger partial charge in [0.05, 0.1) is 0 Å². The largest absolute Gasteiger partial charge is 0.352 e. The van der Waals surface area contributed by atoms with E-state index in [2.05, 4.69) is 26.9 Å². The number of anilines is 1. The maximum Gasteiger partial charge on any atom is 0.286 e. The maximum absolute atomic E-state index is 12.4. The van der Waals surface area contributed by atoms with Crippen LogP contribution in [0.3, 0.4) is 0 Å². The number of nitrogens with zero attached hydrogens (tertiary/aromatic N) is 2.